The van der Waals surface area contributed by atoms with Crippen molar-refractivity contribution in [3.05, 3.63) is 53.5 Å². The Kier molecular flexibility index (Phi) is 8.40. The van der Waals surface area contributed by atoms with Crippen LogP contribution in [0.2, 0.25) is 0 Å². The van der Waals surface area contributed by atoms with Crippen LogP contribution >= 0.6 is 0 Å². The second-order valence-corrected chi connectivity index (χ2v) is 9.73. The van der Waals surface area contributed by atoms with E-state index in [-0.39, 0.29) is 5.95 Å². The van der Waals surface area contributed by atoms with Gasteiger partial charge in [-0.2, -0.15) is 4.98 Å². The van der Waals surface area contributed by atoms with Crippen LogP contribution in [-0.2, 0) is 19.5 Å². The van der Waals surface area contributed by atoms with Gasteiger partial charge in [0.05, 0.1) is 31.4 Å². The molecule has 0 aliphatic rings. The minimum absolute atomic E-state index is 0.278. The summed E-state index contributed by atoms with van der Waals surface area (Å²) in [7, 11) is 1.71. The Bertz CT molecular complexity index is 1280. The summed E-state index contributed by atoms with van der Waals surface area (Å²) in [6, 6.07) is 8.29. The minimum Gasteiger partial charge on any atom is -0.496 e. The summed E-state index contributed by atoms with van der Waals surface area (Å²) in [6.07, 6.45) is 9.56. The van der Waals surface area contributed by atoms with E-state index in [2.05, 4.69) is 69.1 Å². The average Bonchev–Trinajstić information content (AvgIpc) is 3.48. The van der Waals surface area contributed by atoms with Gasteiger partial charge >= 0.3 is 0 Å². The summed E-state index contributed by atoms with van der Waals surface area (Å²) in [5, 5.41) is 12.1. The van der Waals surface area contributed by atoms with E-state index in [1.54, 1.807) is 7.11 Å². The highest BCUT2D eigenvalue weighted by Crippen LogP contribution is 2.27. The number of hydrogen-bond donors (Lipinski definition) is 2. The van der Waals surface area contributed by atoms with Gasteiger partial charge in [0, 0.05) is 24.5 Å². The number of benzene rings is 1. The van der Waals surface area contributed by atoms with Gasteiger partial charge in [-0.3, -0.25) is 0 Å². The van der Waals surface area contributed by atoms with E-state index >= 15 is 0 Å². The molecule has 3 N–H and O–H groups in total. The predicted octanol–water partition coefficient (Wildman–Crippen LogP) is 4.90. The molecule has 0 saturated carbocycles. The zero-order valence-corrected chi connectivity index (χ0v) is 21.9. The second kappa shape index (κ2) is 11.9. The minimum atomic E-state index is 0.278. The summed E-state index contributed by atoms with van der Waals surface area (Å²) in [6.45, 7) is 8.78. The lowest BCUT2D eigenvalue weighted by atomic mass is 10.1. The van der Waals surface area contributed by atoms with E-state index in [9.17, 15) is 0 Å². The molecule has 0 aliphatic heterocycles. The number of anilines is 2. The number of nitrogens with zero attached hydrogens (tertiary/aromatic N) is 6. The van der Waals surface area contributed by atoms with Crippen LogP contribution in [0.3, 0.4) is 0 Å². The van der Waals surface area contributed by atoms with Gasteiger partial charge in [0.25, 0.3) is 0 Å². The van der Waals surface area contributed by atoms with Crippen molar-refractivity contribution in [2.24, 2.45) is 5.92 Å². The predicted molar refractivity (Wildman–Crippen MR) is 144 cm³/mol. The van der Waals surface area contributed by atoms with Gasteiger partial charge < -0.3 is 20.4 Å². The van der Waals surface area contributed by atoms with Crippen molar-refractivity contribution < 1.29 is 4.74 Å². The summed E-state index contributed by atoms with van der Waals surface area (Å²) in [5.41, 5.74) is 11.0. The highest BCUT2D eigenvalue weighted by Gasteiger charge is 2.14. The van der Waals surface area contributed by atoms with Crippen molar-refractivity contribution in [2.45, 2.75) is 66.0 Å². The van der Waals surface area contributed by atoms with Crippen molar-refractivity contribution >= 4 is 22.8 Å². The Morgan fingerprint density at radius 2 is 1.97 bits per heavy atom. The maximum Gasteiger partial charge on any atom is 0.222 e. The lowest BCUT2D eigenvalue weighted by Gasteiger charge is -2.14. The number of aromatic nitrogens is 6. The fourth-order valence-corrected chi connectivity index (χ4v) is 4.32. The summed E-state index contributed by atoms with van der Waals surface area (Å²) >= 11 is 0. The molecule has 36 heavy (non-hydrogen) atoms. The van der Waals surface area contributed by atoms with Crippen LogP contribution in [0, 0.1) is 5.92 Å². The normalized spacial score (nSPS) is 11.5. The van der Waals surface area contributed by atoms with Gasteiger partial charge in [-0.25, -0.2) is 9.67 Å². The molecule has 4 rings (SSSR count). The highest BCUT2D eigenvalue weighted by atomic mass is 16.5. The van der Waals surface area contributed by atoms with E-state index in [1.807, 2.05) is 23.1 Å². The van der Waals surface area contributed by atoms with Crippen LogP contribution < -0.4 is 15.8 Å². The molecular weight excluding hydrogens is 452 g/mol. The fraction of sp³-hybridized carbons (Fsp3) is 0.481. The van der Waals surface area contributed by atoms with Crippen molar-refractivity contribution in [1.29, 1.82) is 0 Å². The molecule has 0 bridgehead atoms. The molecule has 9 heteroatoms. The van der Waals surface area contributed by atoms with Crippen LogP contribution in [-0.4, -0.2) is 43.2 Å². The van der Waals surface area contributed by atoms with E-state index in [0.29, 0.717) is 19.0 Å². The standard InChI is InChI=1S/C27H38N8O/c1-5-6-7-13-29-26-25-23(30-27(28)31-26)12-14-34(25)17-21-10-9-20(15-24(21)36-4)16-35-18-22(32-33-35)11-8-19(2)3/h9-10,12,14-15,18-19H,5-8,11,13,16-17H2,1-4H3,(H3,28,29,30,31). The van der Waals surface area contributed by atoms with Crippen LogP contribution in [0.25, 0.3) is 11.0 Å². The van der Waals surface area contributed by atoms with E-state index in [4.69, 9.17) is 10.5 Å². The largest absolute Gasteiger partial charge is 0.496 e. The molecule has 0 amide bonds. The molecule has 0 saturated heterocycles. The SMILES string of the molecule is CCCCCNc1nc(N)nc2ccn(Cc3ccc(Cn4cc(CCC(C)C)nn4)cc3OC)c12. The number of nitrogen functional groups attached to an aromatic ring is 1. The van der Waals surface area contributed by atoms with E-state index < -0.39 is 0 Å². The van der Waals surface area contributed by atoms with E-state index in [1.165, 1.54) is 12.8 Å². The molecule has 0 fully saturated rings. The van der Waals surface area contributed by atoms with Crippen LogP contribution in [0.15, 0.2) is 36.7 Å². The first-order valence-electron chi connectivity index (χ1n) is 12.9. The van der Waals surface area contributed by atoms with Crippen molar-refractivity contribution in [3.63, 3.8) is 0 Å². The van der Waals surface area contributed by atoms with Gasteiger partial charge in [-0.15, -0.1) is 5.10 Å². The summed E-state index contributed by atoms with van der Waals surface area (Å²) < 4.78 is 9.81. The van der Waals surface area contributed by atoms with Gasteiger partial charge in [0.2, 0.25) is 5.95 Å². The summed E-state index contributed by atoms with van der Waals surface area (Å²) in [5.74, 6) is 2.54. The Balaban J connectivity index is 1.52. The first-order valence-corrected chi connectivity index (χ1v) is 12.9. The third-order valence-corrected chi connectivity index (χ3v) is 6.30. The molecule has 3 heterocycles. The number of aryl methyl sites for hydroxylation is 1. The number of fused-ring (bicyclic) bond motifs is 1. The number of nitrogens with one attached hydrogen (secondary N) is 1. The highest BCUT2D eigenvalue weighted by molar-refractivity contribution is 5.87. The molecule has 0 unspecified atom stereocenters. The number of rotatable bonds is 13. The number of nitrogens with two attached hydrogens (primary N) is 1. The Hall–Kier alpha value is -3.62. The number of hydrogen-bond acceptors (Lipinski definition) is 7. The fourth-order valence-electron chi connectivity index (χ4n) is 4.32. The quantitative estimate of drug-likeness (QED) is 0.257. The zero-order valence-electron chi connectivity index (χ0n) is 21.9. The number of methoxy groups -OCH3 is 1. The Labute approximate surface area is 213 Å². The zero-order chi connectivity index (χ0) is 25.5. The molecular formula is C27H38N8O. The first-order chi connectivity index (χ1) is 17.5. The third kappa shape index (κ3) is 6.33. The van der Waals surface area contributed by atoms with Crippen LogP contribution in [0.5, 0.6) is 5.75 Å². The summed E-state index contributed by atoms with van der Waals surface area (Å²) in [4.78, 5) is 8.92. The smallest absolute Gasteiger partial charge is 0.222 e. The number of unbranched alkanes of at least 4 members (excludes halogenated alkanes) is 2. The van der Waals surface area contributed by atoms with E-state index in [0.717, 1.165) is 65.2 Å². The molecule has 1 aromatic carbocycles. The van der Waals surface area contributed by atoms with Crippen LogP contribution in [0.4, 0.5) is 11.8 Å². The lowest BCUT2D eigenvalue weighted by molar-refractivity contribution is 0.408. The van der Waals surface area contributed by atoms with Gasteiger partial charge in [-0.05, 0) is 42.9 Å². The molecule has 192 valence electrons. The molecule has 3 aromatic heterocycles. The van der Waals surface area contributed by atoms with Crippen molar-refractivity contribution in [2.75, 3.05) is 24.7 Å². The second-order valence-electron chi connectivity index (χ2n) is 9.73. The van der Waals surface area contributed by atoms with Crippen molar-refractivity contribution in [1.82, 2.24) is 29.5 Å². The van der Waals surface area contributed by atoms with Gasteiger partial charge in [0.1, 0.15) is 11.3 Å². The van der Waals surface area contributed by atoms with Crippen molar-refractivity contribution in [3.8, 4) is 5.75 Å². The maximum absolute atomic E-state index is 5.97. The molecule has 0 spiro atoms. The van der Waals surface area contributed by atoms with Crippen LogP contribution in [0.1, 0.15) is 63.3 Å². The lowest BCUT2D eigenvalue weighted by Crippen LogP contribution is -2.09. The first kappa shape index (κ1) is 25.5. The van der Waals surface area contributed by atoms with Gasteiger partial charge in [-0.1, -0.05) is 51.0 Å². The molecule has 9 nitrogen and oxygen atoms in total. The molecule has 0 atom stereocenters. The number of ether oxygens (including phenoxy) is 1. The Morgan fingerprint density at radius 1 is 1.11 bits per heavy atom. The molecule has 0 radical (unpaired) electrons. The average molecular weight is 491 g/mol. The monoisotopic (exact) mass is 490 g/mol. The maximum atomic E-state index is 5.97. The third-order valence-electron chi connectivity index (χ3n) is 6.30. The Morgan fingerprint density at radius 3 is 2.75 bits per heavy atom. The molecule has 4 aromatic rings. The molecule has 0 aliphatic carbocycles. The van der Waals surface area contributed by atoms with Gasteiger partial charge in [0.15, 0.2) is 5.82 Å². The topological polar surface area (TPSA) is 109 Å².